The fourth-order valence-corrected chi connectivity index (χ4v) is 1.97. The molecule has 0 fully saturated rings. The van der Waals surface area contributed by atoms with E-state index in [4.69, 9.17) is 17.3 Å². The van der Waals surface area contributed by atoms with Crippen molar-refractivity contribution in [1.29, 1.82) is 0 Å². The Kier molecular flexibility index (Phi) is 3.36. The van der Waals surface area contributed by atoms with Crippen LogP contribution in [0.15, 0.2) is 30.9 Å². The number of aromatic nitrogens is 6. The summed E-state index contributed by atoms with van der Waals surface area (Å²) in [4.78, 5) is 16.1. The Bertz CT molecular complexity index is 771. The van der Waals surface area contributed by atoms with Crippen LogP contribution in [0.25, 0.3) is 5.95 Å². The van der Waals surface area contributed by atoms with E-state index in [1.54, 1.807) is 0 Å². The molecule has 0 aliphatic rings. The van der Waals surface area contributed by atoms with Crippen molar-refractivity contribution in [3.05, 3.63) is 41.4 Å². The molecule has 9 heteroatoms. The molecular formula is C12H11ClN8. The highest BCUT2D eigenvalue weighted by Crippen LogP contribution is 2.25. The van der Waals surface area contributed by atoms with E-state index in [1.165, 1.54) is 17.3 Å². The first-order valence-electron chi connectivity index (χ1n) is 6.01. The number of nitrogens with zero attached hydrogens (tertiary/aromatic N) is 6. The van der Waals surface area contributed by atoms with E-state index in [0.29, 0.717) is 10.7 Å². The fourth-order valence-electron chi connectivity index (χ4n) is 1.69. The standard InChI is InChI=1S/C12H11ClN8/c1-7-2-3-9(8(13)4-7)17-11-18-10(14)19-12(20-11)21-6-15-5-16-21/h2-6H,1H3,(H3,14,17,18,19,20). The molecule has 0 unspecified atom stereocenters. The molecule has 3 rings (SSSR count). The molecule has 1 aromatic carbocycles. The van der Waals surface area contributed by atoms with Gasteiger partial charge in [-0.15, -0.1) is 0 Å². The van der Waals surface area contributed by atoms with Gasteiger partial charge in [-0.25, -0.2) is 4.98 Å². The van der Waals surface area contributed by atoms with Gasteiger partial charge < -0.3 is 11.1 Å². The van der Waals surface area contributed by atoms with Crippen LogP contribution >= 0.6 is 11.6 Å². The van der Waals surface area contributed by atoms with Crippen molar-refractivity contribution >= 4 is 29.2 Å². The van der Waals surface area contributed by atoms with Gasteiger partial charge in [0.2, 0.25) is 11.9 Å². The molecule has 21 heavy (non-hydrogen) atoms. The van der Waals surface area contributed by atoms with Crippen molar-refractivity contribution in [1.82, 2.24) is 29.7 Å². The first kappa shape index (κ1) is 13.3. The molecule has 8 nitrogen and oxygen atoms in total. The average Bonchev–Trinajstić information content (AvgIpc) is 2.95. The van der Waals surface area contributed by atoms with Gasteiger partial charge in [0.15, 0.2) is 0 Å². The van der Waals surface area contributed by atoms with Crippen LogP contribution in [-0.2, 0) is 0 Å². The predicted octanol–water partition coefficient (Wildman–Crippen LogP) is 1.74. The number of aryl methyl sites for hydroxylation is 1. The Morgan fingerprint density at radius 3 is 2.81 bits per heavy atom. The summed E-state index contributed by atoms with van der Waals surface area (Å²) in [5, 5.41) is 7.52. The van der Waals surface area contributed by atoms with Crippen molar-refractivity contribution in [2.45, 2.75) is 6.92 Å². The first-order valence-corrected chi connectivity index (χ1v) is 6.39. The third-order valence-corrected chi connectivity index (χ3v) is 2.95. The van der Waals surface area contributed by atoms with Gasteiger partial charge in [0, 0.05) is 0 Å². The van der Waals surface area contributed by atoms with Crippen molar-refractivity contribution in [2.24, 2.45) is 0 Å². The van der Waals surface area contributed by atoms with E-state index in [2.05, 4.69) is 30.4 Å². The molecule has 0 aliphatic heterocycles. The van der Waals surface area contributed by atoms with Crippen molar-refractivity contribution in [2.75, 3.05) is 11.1 Å². The molecule has 0 saturated heterocycles. The SMILES string of the molecule is Cc1ccc(Nc2nc(N)nc(-n3cncn3)n2)c(Cl)c1. The lowest BCUT2D eigenvalue weighted by molar-refractivity contribution is 0.800. The Balaban J connectivity index is 1.95. The number of nitrogen functional groups attached to an aromatic ring is 1. The number of halogens is 1. The van der Waals surface area contributed by atoms with Crippen LogP contribution < -0.4 is 11.1 Å². The topological polar surface area (TPSA) is 107 Å². The lowest BCUT2D eigenvalue weighted by atomic mass is 10.2. The first-order chi connectivity index (χ1) is 10.1. The summed E-state index contributed by atoms with van der Waals surface area (Å²) in [5.41, 5.74) is 7.42. The van der Waals surface area contributed by atoms with Gasteiger partial charge in [0.25, 0.3) is 5.95 Å². The molecule has 0 aliphatic carbocycles. The number of hydrogen-bond donors (Lipinski definition) is 2. The molecule has 0 spiro atoms. The van der Waals surface area contributed by atoms with Gasteiger partial charge in [-0.2, -0.15) is 24.7 Å². The van der Waals surface area contributed by atoms with E-state index in [9.17, 15) is 0 Å². The smallest absolute Gasteiger partial charge is 0.258 e. The van der Waals surface area contributed by atoms with Gasteiger partial charge in [-0.3, -0.25) is 0 Å². The third kappa shape index (κ3) is 2.90. The van der Waals surface area contributed by atoms with E-state index in [-0.39, 0.29) is 17.8 Å². The number of benzene rings is 1. The van der Waals surface area contributed by atoms with E-state index in [1.807, 2.05) is 25.1 Å². The highest BCUT2D eigenvalue weighted by Gasteiger charge is 2.09. The summed E-state index contributed by atoms with van der Waals surface area (Å²) in [5.74, 6) is 0.616. The quantitative estimate of drug-likeness (QED) is 0.758. The molecule has 0 radical (unpaired) electrons. The van der Waals surface area contributed by atoms with Gasteiger partial charge >= 0.3 is 0 Å². The summed E-state index contributed by atoms with van der Waals surface area (Å²) in [6.07, 6.45) is 2.85. The third-order valence-electron chi connectivity index (χ3n) is 2.64. The van der Waals surface area contributed by atoms with Crippen molar-refractivity contribution in [3.63, 3.8) is 0 Å². The molecule has 0 amide bonds. The molecule has 2 heterocycles. The van der Waals surface area contributed by atoms with E-state index < -0.39 is 0 Å². The zero-order chi connectivity index (χ0) is 14.8. The largest absolute Gasteiger partial charge is 0.368 e. The minimum Gasteiger partial charge on any atom is -0.368 e. The Morgan fingerprint density at radius 1 is 1.24 bits per heavy atom. The van der Waals surface area contributed by atoms with Crippen LogP contribution in [0.3, 0.4) is 0 Å². The minimum absolute atomic E-state index is 0.0706. The number of nitrogens with one attached hydrogen (secondary N) is 1. The Hall–Kier alpha value is -2.74. The van der Waals surface area contributed by atoms with E-state index in [0.717, 1.165) is 5.56 Å². The fraction of sp³-hybridized carbons (Fsp3) is 0.0833. The highest BCUT2D eigenvalue weighted by atomic mass is 35.5. The van der Waals surface area contributed by atoms with Crippen LogP contribution in [-0.4, -0.2) is 29.7 Å². The van der Waals surface area contributed by atoms with Gasteiger partial charge in [-0.05, 0) is 24.6 Å². The van der Waals surface area contributed by atoms with Gasteiger partial charge in [0.05, 0.1) is 10.7 Å². The normalized spacial score (nSPS) is 10.6. The molecular weight excluding hydrogens is 292 g/mol. The molecule has 0 bridgehead atoms. The monoisotopic (exact) mass is 302 g/mol. The van der Waals surface area contributed by atoms with Crippen LogP contribution in [0.1, 0.15) is 5.56 Å². The summed E-state index contributed by atoms with van der Waals surface area (Å²) in [6.45, 7) is 1.96. The highest BCUT2D eigenvalue weighted by molar-refractivity contribution is 6.33. The Morgan fingerprint density at radius 2 is 2.10 bits per heavy atom. The maximum absolute atomic E-state index is 6.17. The summed E-state index contributed by atoms with van der Waals surface area (Å²) in [6, 6.07) is 5.61. The Labute approximate surface area is 125 Å². The number of nitrogens with two attached hydrogens (primary N) is 1. The number of hydrogen-bond acceptors (Lipinski definition) is 7. The molecule has 2 aromatic heterocycles. The molecule has 0 saturated carbocycles. The second-order valence-corrected chi connectivity index (χ2v) is 4.67. The lowest BCUT2D eigenvalue weighted by Gasteiger charge is -2.09. The van der Waals surface area contributed by atoms with Gasteiger partial charge in [0.1, 0.15) is 12.7 Å². The van der Waals surface area contributed by atoms with Crippen LogP contribution in [0, 0.1) is 6.92 Å². The number of anilines is 3. The number of rotatable bonds is 3. The average molecular weight is 303 g/mol. The molecule has 3 N–H and O–H groups in total. The molecule has 0 atom stereocenters. The second kappa shape index (κ2) is 5.33. The predicted molar refractivity (Wildman–Crippen MR) is 78.6 cm³/mol. The van der Waals surface area contributed by atoms with Gasteiger partial charge in [-0.1, -0.05) is 17.7 Å². The zero-order valence-electron chi connectivity index (χ0n) is 11.0. The van der Waals surface area contributed by atoms with Crippen molar-refractivity contribution < 1.29 is 0 Å². The minimum atomic E-state index is 0.0706. The lowest BCUT2D eigenvalue weighted by Crippen LogP contribution is -2.09. The van der Waals surface area contributed by atoms with Crippen LogP contribution in [0.2, 0.25) is 5.02 Å². The summed E-state index contributed by atoms with van der Waals surface area (Å²) < 4.78 is 1.39. The second-order valence-electron chi connectivity index (χ2n) is 4.27. The van der Waals surface area contributed by atoms with Crippen LogP contribution in [0.4, 0.5) is 17.6 Å². The summed E-state index contributed by atoms with van der Waals surface area (Å²) in [7, 11) is 0. The molecule has 3 aromatic rings. The zero-order valence-corrected chi connectivity index (χ0v) is 11.8. The van der Waals surface area contributed by atoms with Crippen LogP contribution in [0.5, 0.6) is 0 Å². The van der Waals surface area contributed by atoms with E-state index >= 15 is 0 Å². The summed E-state index contributed by atoms with van der Waals surface area (Å²) >= 11 is 6.17. The maximum Gasteiger partial charge on any atom is 0.258 e. The molecule has 106 valence electrons. The maximum atomic E-state index is 6.17. The van der Waals surface area contributed by atoms with Crippen molar-refractivity contribution in [3.8, 4) is 5.95 Å².